The molecule has 0 spiro atoms. The average molecular weight is 249 g/mol. The van der Waals surface area contributed by atoms with E-state index >= 15 is 0 Å². The lowest BCUT2D eigenvalue weighted by molar-refractivity contribution is -0.117. The second-order valence-electron chi connectivity index (χ2n) is 4.58. The van der Waals surface area contributed by atoms with E-state index in [9.17, 15) is 4.79 Å². The van der Waals surface area contributed by atoms with Gasteiger partial charge in [0.05, 0.1) is 5.69 Å². The zero-order valence-electron chi connectivity index (χ0n) is 11.1. The fourth-order valence-corrected chi connectivity index (χ4v) is 2.49. The van der Waals surface area contributed by atoms with Crippen LogP contribution in [0.4, 0.5) is 5.69 Å². The van der Waals surface area contributed by atoms with Crippen LogP contribution in [0.5, 0.6) is 5.75 Å². The summed E-state index contributed by atoms with van der Waals surface area (Å²) in [6.07, 6.45) is 1.89. The molecule has 1 unspecified atom stereocenters. The lowest BCUT2D eigenvalue weighted by atomic mass is 9.96. The largest absolute Gasteiger partial charge is 0.467 e. The molecule has 1 aromatic carbocycles. The highest BCUT2D eigenvalue weighted by atomic mass is 16.7. The van der Waals surface area contributed by atoms with E-state index in [1.54, 1.807) is 14.0 Å². The molecule has 1 aliphatic heterocycles. The molecule has 4 heteroatoms. The number of ether oxygens (including phenoxy) is 2. The summed E-state index contributed by atoms with van der Waals surface area (Å²) in [6.45, 7) is 3.91. The van der Waals surface area contributed by atoms with Crippen molar-refractivity contribution in [2.45, 2.75) is 32.7 Å². The van der Waals surface area contributed by atoms with Crippen LogP contribution >= 0.6 is 0 Å². The first-order valence-electron chi connectivity index (χ1n) is 6.18. The van der Waals surface area contributed by atoms with Gasteiger partial charge in [0.2, 0.25) is 5.91 Å². The van der Waals surface area contributed by atoms with Gasteiger partial charge in [0.1, 0.15) is 5.75 Å². The number of carbonyl (C=O) groups excluding carboxylic acids is 1. The minimum Gasteiger partial charge on any atom is -0.467 e. The molecule has 1 atom stereocenters. The maximum absolute atomic E-state index is 11.8. The van der Waals surface area contributed by atoms with Crippen LogP contribution in [0, 0.1) is 0 Å². The number of methoxy groups -OCH3 is 1. The first-order chi connectivity index (χ1) is 8.65. The highest BCUT2D eigenvalue weighted by molar-refractivity contribution is 5.93. The highest BCUT2D eigenvalue weighted by Crippen LogP contribution is 2.36. The van der Waals surface area contributed by atoms with Crippen LogP contribution in [0.15, 0.2) is 18.2 Å². The predicted molar refractivity (Wildman–Crippen MR) is 69.9 cm³/mol. The number of amides is 1. The van der Waals surface area contributed by atoms with Crippen LogP contribution in [0.25, 0.3) is 0 Å². The summed E-state index contributed by atoms with van der Waals surface area (Å²) < 4.78 is 10.5. The standard InChI is InChI=1S/C14H19NO3/c1-10-7-8-12-13(15(10)11(2)16)5-4-6-14(12)18-9-17-3/h4-6,10H,7-9H2,1-3H3. The molecule has 0 saturated heterocycles. The van der Waals surface area contributed by atoms with Crippen LogP contribution in [0.1, 0.15) is 25.8 Å². The summed E-state index contributed by atoms with van der Waals surface area (Å²) in [7, 11) is 1.60. The Labute approximate surface area is 107 Å². The zero-order valence-corrected chi connectivity index (χ0v) is 11.1. The highest BCUT2D eigenvalue weighted by Gasteiger charge is 2.27. The molecule has 2 rings (SSSR count). The Balaban J connectivity index is 2.38. The smallest absolute Gasteiger partial charge is 0.224 e. The van der Waals surface area contributed by atoms with Crippen LogP contribution in [-0.2, 0) is 16.0 Å². The van der Waals surface area contributed by atoms with Crippen LogP contribution in [0.2, 0.25) is 0 Å². The molecular weight excluding hydrogens is 230 g/mol. The number of rotatable bonds is 3. The van der Waals surface area contributed by atoms with Gasteiger partial charge in [-0.1, -0.05) is 6.07 Å². The number of hydrogen-bond acceptors (Lipinski definition) is 3. The normalized spacial score (nSPS) is 18.4. The Kier molecular flexibility index (Phi) is 3.87. The molecule has 0 fully saturated rings. The Morgan fingerprint density at radius 3 is 2.94 bits per heavy atom. The minimum atomic E-state index is 0.0762. The maximum atomic E-state index is 11.8. The van der Waals surface area contributed by atoms with Crippen molar-refractivity contribution in [2.75, 3.05) is 18.8 Å². The first kappa shape index (κ1) is 12.9. The molecule has 18 heavy (non-hydrogen) atoms. The fourth-order valence-electron chi connectivity index (χ4n) is 2.49. The van der Waals surface area contributed by atoms with Gasteiger partial charge in [-0.05, 0) is 31.9 Å². The van der Waals surface area contributed by atoms with E-state index < -0.39 is 0 Å². The Morgan fingerprint density at radius 1 is 1.50 bits per heavy atom. The number of anilines is 1. The summed E-state index contributed by atoms with van der Waals surface area (Å²) >= 11 is 0. The molecular formula is C14H19NO3. The summed E-state index contributed by atoms with van der Waals surface area (Å²) in [5.74, 6) is 0.889. The van der Waals surface area contributed by atoms with Gasteiger partial charge >= 0.3 is 0 Å². The SMILES string of the molecule is COCOc1cccc2c1CCC(C)N2C(C)=O. The number of fused-ring (bicyclic) bond motifs is 1. The number of nitrogens with zero attached hydrogens (tertiary/aromatic N) is 1. The number of hydrogen-bond donors (Lipinski definition) is 0. The van der Waals surface area contributed by atoms with Crippen molar-refractivity contribution in [2.24, 2.45) is 0 Å². The van der Waals surface area contributed by atoms with Crippen molar-refractivity contribution in [1.82, 2.24) is 0 Å². The van der Waals surface area contributed by atoms with Crippen molar-refractivity contribution in [3.63, 3.8) is 0 Å². The minimum absolute atomic E-state index is 0.0762. The van der Waals surface area contributed by atoms with Gasteiger partial charge in [0.25, 0.3) is 0 Å². The second-order valence-corrected chi connectivity index (χ2v) is 4.58. The Bertz CT molecular complexity index is 445. The van der Waals surface area contributed by atoms with Gasteiger partial charge in [0, 0.05) is 25.6 Å². The monoisotopic (exact) mass is 249 g/mol. The predicted octanol–water partition coefficient (Wildman–Crippen LogP) is 2.36. The van der Waals surface area contributed by atoms with E-state index in [0.717, 1.165) is 29.8 Å². The third-order valence-corrected chi connectivity index (χ3v) is 3.29. The lowest BCUT2D eigenvalue weighted by Gasteiger charge is -2.35. The Morgan fingerprint density at radius 2 is 2.28 bits per heavy atom. The van der Waals surface area contributed by atoms with Crippen molar-refractivity contribution >= 4 is 11.6 Å². The fraction of sp³-hybridized carbons (Fsp3) is 0.500. The molecule has 1 heterocycles. The zero-order chi connectivity index (χ0) is 13.1. The molecule has 0 N–H and O–H groups in total. The molecule has 1 amide bonds. The number of carbonyl (C=O) groups is 1. The average Bonchev–Trinajstić information content (AvgIpc) is 2.35. The third-order valence-electron chi connectivity index (χ3n) is 3.29. The van der Waals surface area contributed by atoms with Crippen LogP contribution in [-0.4, -0.2) is 25.9 Å². The van der Waals surface area contributed by atoms with E-state index in [-0.39, 0.29) is 18.7 Å². The summed E-state index contributed by atoms with van der Waals surface area (Å²) in [5, 5.41) is 0. The summed E-state index contributed by atoms with van der Waals surface area (Å²) in [5.41, 5.74) is 2.07. The second kappa shape index (κ2) is 5.40. The number of benzene rings is 1. The van der Waals surface area contributed by atoms with Crippen LogP contribution in [0.3, 0.4) is 0 Å². The van der Waals surface area contributed by atoms with Crippen molar-refractivity contribution in [3.8, 4) is 5.75 Å². The van der Waals surface area contributed by atoms with E-state index in [4.69, 9.17) is 9.47 Å². The quantitative estimate of drug-likeness (QED) is 0.772. The lowest BCUT2D eigenvalue weighted by Crippen LogP contribution is -2.40. The molecule has 0 radical (unpaired) electrons. The maximum Gasteiger partial charge on any atom is 0.224 e. The van der Waals surface area contributed by atoms with Gasteiger partial charge < -0.3 is 14.4 Å². The van der Waals surface area contributed by atoms with Crippen LogP contribution < -0.4 is 9.64 Å². The summed E-state index contributed by atoms with van der Waals surface area (Å²) in [6, 6.07) is 6.06. The molecule has 0 bridgehead atoms. The van der Waals surface area contributed by atoms with Crippen molar-refractivity contribution < 1.29 is 14.3 Å². The van der Waals surface area contributed by atoms with Gasteiger partial charge in [-0.25, -0.2) is 0 Å². The molecule has 0 aliphatic carbocycles. The molecule has 1 aliphatic rings. The molecule has 98 valence electrons. The van der Waals surface area contributed by atoms with E-state index in [0.29, 0.717) is 0 Å². The van der Waals surface area contributed by atoms with Crippen molar-refractivity contribution in [3.05, 3.63) is 23.8 Å². The van der Waals surface area contributed by atoms with E-state index in [1.165, 1.54) is 0 Å². The molecule has 4 nitrogen and oxygen atoms in total. The summed E-state index contributed by atoms with van der Waals surface area (Å²) in [4.78, 5) is 13.6. The van der Waals surface area contributed by atoms with Gasteiger partial charge in [-0.3, -0.25) is 4.79 Å². The third kappa shape index (κ3) is 2.34. The molecule has 0 saturated carbocycles. The van der Waals surface area contributed by atoms with E-state index in [1.807, 2.05) is 23.1 Å². The topological polar surface area (TPSA) is 38.8 Å². The van der Waals surface area contributed by atoms with E-state index in [2.05, 4.69) is 6.92 Å². The van der Waals surface area contributed by atoms with Gasteiger partial charge in [0.15, 0.2) is 6.79 Å². The van der Waals surface area contributed by atoms with Gasteiger partial charge in [-0.15, -0.1) is 0 Å². The van der Waals surface area contributed by atoms with Gasteiger partial charge in [-0.2, -0.15) is 0 Å². The van der Waals surface area contributed by atoms with Crippen molar-refractivity contribution in [1.29, 1.82) is 0 Å². The Hall–Kier alpha value is -1.55. The molecule has 1 aromatic rings. The first-order valence-corrected chi connectivity index (χ1v) is 6.18. The molecule has 0 aromatic heterocycles.